The lowest BCUT2D eigenvalue weighted by Gasteiger charge is -2.27. The lowest BCUT2D eigenvalue weighted by Crippen LogP contribution is -2.29. The van der Waals surface area contributed by atoms with Crippen molar-refractivity contribution in [2.75, 3.05) is 18.5 Å². The normalized spacial score (nSPS) is 23.8. The van der Waals surface area contributed by atoms with Gasteiger partial charge in [0.25, 0.3) is 0 Å². The summed E-state index contributed by atoms with van der Waals surface area (Å²) >= 11 is 0. The smallest absolute Gasteiger partial charge is 0.0945 e. The van der Waals surface area contributed by atoms with Crippen molar-refractivity contribution in [1.29, 1.82) is 0 Å². The number of rotatable bonds is 6. The molecule has 1 aromatic carbocycles. The van der Waals surface area contributed by atoms with Gasteiger partial charge in [0, 0.05) is 12.2 Å². The second-order valence-corrected chi connectivity index (χ2v) is 6.57. The summed E-state index contributed by atoms with van der Waals surface area (Å²) in [6.45, 7) is 7.42. The van der Waals surface area contributed by atoms with E-state index in [1.807, 2.05) is 0 Å². The predicted molar refractivity (Wildman–Crippen MR) is 87.8 cm³/mol. The molecule has 0 heterocycles. The van der Waals surface area contributed by atoms with E-state index in [0.29, 0.717) is 19.3 Å². The molecule has 0 spiro atoms. The Balaban J connectivity index is 1.70. The third-order valence-corrected chi connectivity index (χ3v) is 4.41. The molecule has 2 rings (SSSR count). The van der Waals surface area contributed by atoms with Crippen LogP contribution in [0, 0.1) is 19.8 Å². The van der Waals surface area contributed by atoms with Gasteiger partial charge in [0.15, 0.2) is 0 Å². The van der Waals surface area contributed by atoms with Crippen LogP contribution in [0.4, 0.5) is 5.69 Å². The van der Waals surface area contributed by atoms with Crippen LogP contribution in [-0.4, -0.2) is 30.5 Å². The van der Waals surface area contributed by atoms with E-state index in [2.05, 4.69) is 44.3 Å². The summed E-state index contributed by atoms with van der Waals surface area (Å²) in [5.74, 6) is 0.834. The number of ether oxygens (including phenoxy) is 1. The summed E-state index contributed by atoms with van der Waals surface area (Å²) in [5.41, 5.74) is 3.53. The van der Waals surface area contributed by atoms with Crippen molar-refractivity contribution in [2.45, 2.75) is 58.7 Å². The molecule has 118 valence electrons. The van der Waals surface area contributed by atoms with Crippen LogP contribution in [0.25, 0.3) is 0 Å². The van der Waals surface area contributed by atoms with E-state index in [1.54, 1.807) is 0 Å². The van der Waals surface area contributed by atoms with Crippen molar-refractivity contribution < 1.29 is 9.84 Å². The molecule has 3 heteroatoms. The monoisotopic (exact) mass is 291 g/mol. The third-order valence-electron chi connectivity index (χ3n) is 4.41. The van der Waals surface area contributed by atoms with Crippen molar-refractivity contribution >= 4 is 5.69 Å². The summed E-state index contributed by atoms with van der Waals surface area (Å²) < 4.78 is 5.85. The lowest BCUT2D eigenvalue weighted by atomic mass is 9.89. The zero-order valence-corrected chi connectivity index (χ0v) is 13.6. The molecule has 2 N–H and O–H groups in total. The van der Waals surface area contributed by atoms with Crippen LogP contribution in [0.3, 0.4) is 0 Å². The number of aryl methyl sites for hydroxylation is 2. The second kappa shape index (κ2) is 7.81. The molecule has 0 aromatic heterocycles. The fourth-order valence-corrected chi connectivity index (χ4v) is 2.86. The first-order chi connectivity index (χ1) is 10.0. The first-order valence-corrected chi connectivity index (χ1v) is 8.15. The van der Waals surface area contributed by atoms with E-state index in [9.17, 15) is 5.11 Å². The van der Waals surface area contributed by atoms with E-state index < -0.39 is 6.10 Å². The first kappa shape index (κ1) is 16.3. The molecule has 1 aliphatic rings. The van der Waals surface area contributed by atoms with Gasteiger partial charge in [0.1, 0.15) is 0 Å². The van der Waals surface area contributed by atoms with Crippen molar-refractivity contribution in [3.8, 4) is 0 Å². The molecule has 1 unspecified atom stereocenters. The van der Waals surface area contributed by atoms with Crippen molar-refractivity contribution in [3.63, 3.8) is 0 Å². The van der Waals surface area contributed by atoms with E-state index in [-0.39, 0.29) is 0 Å². The highest BCUT2D eigenvalue weighted by atomic mass is 16.5. The molecule has 1 aliphatic carbocycles. The number of hydrogen-bond donors (Lipinski definition) is 2. The molecule has 0 bridgehead atoms. The molecule has 1 fully saturated rings. The summed E-state index contributed by atoms with van der Waals surface area (Å²) in [5, 5.41) is 13.4. The average Bonchev–Trinajstić information content (AvgIpc) is 2.47. The zero-order chi connectivity index (χ0) is 15.2. The first-order valence-electron chi connectivity index (χ1n) is 8.15. The Labute approximate surface area is 128 Å². The Bertz CT molecular complexity index is 439. The minimum Gasteiger partial charge on any atom is -0.389 e. The molecule has 1 saturated carbocycles. The molecule has 0 radical (unpaired) electrons. The van der Waals surface area contributed by atoms with E-state index >= 15 is 0 Å². The number of aliphatic hydroxyl groups is 1. The summed E-state index contributed by atoms with van der Waals surface area (Å²) in [4.78, 5) is 0. The molecule has 0 amide bonds. The van der Waals surface area contributed by atoms with Gasteiger partial charge in [-0.1, -0.05) is 19.1 Å². The van der Waals surface area contributed by atoms with Gasteiger partial charge in [-0.15, -0.1) is 0 Å². The third kappa shape index (κ3) is 5.33. The molecular formula is C18H29NO2. The van der Waals surface area contributed by atoms with E-state index in [0.717, 1.165) is 24.4 Å². The molecule has 0 saturated heterocycles. The Morgan fingerprint density at radius 2 is 1.95 bits per heavy atom. The van der Waals surface area contributed by atoms with Crippen molar-refractivity contribution in [1.82, 2.24) is 0 Å². The van der Waals surface area contributed by atoms with Gasteiger partial charge in [-0.2, -0.15) is 0 Å². The second-order valence-electron chi connectivity index (χ2n) is 6.57. The molecular weight excluding hydrogens is 262 g/mol. The highest BCUT2D eigenvalue weighted by Crippen LogP contribution is 2.25. The molecule has 1 aromatic rings. The number of nitrogens with one attached hydrogen (secondary N) is 1. The summed E-state index contributed by atoms with van der Waals surface area (Å²) in [7, 11) is 0. The average molecular weight is 291 g/mol. The zero-order valence-electron chi connectivity index (χ0n) is 13.6. The molecule has 0 aliphatic heterocycles. The largest absolute Gasteiger partial charge is 0.389 e. The topological polar surface area (TPSA) is 41.5 Å². The number of anilines is 1. The Kier molecular flexibility index (Phi) is 6.07. The maximum atomic E-state index is 10.1. The van der Waals surface area contributed by atoms with Crippen LogP contribution in [0.1, 0.15) is 43.7 Å². The van der Waals surface area contributed by atoms with Crippen LogP contribution < -0.4 is 5.32 Å². The minimum atomic E-state index is -0.454. The van der Waals surface area contributed by atoms with E-state index in [4.69, 9.17) is 4.74 Å². The Morgan fingerprint density at radius 1 is 1.24 bits per heavy atom. The van der Waals surface area contributed by atoms with Crippen LogP contribution in [-0.2, 0) is 4.74 Å². The lowest BCUT2D eigenvalue weighted by molar-refractivity contribution is -0.0245. The summed E-state index contributed by atoms with van der Waals surface area (Å²) in [6, 6.07) is 6.32. The molecule has 1 atom stereocenters. The van der Waals surface area contributed by atoms with Gasteiger partial charge in [0.05, 0.1) is 18.8 Å². The van der Waals surface area contributed by atoms with Crippen LogP contribution in [0.2, 0.25) is 0 Å². The predicted octanol–water partition coefficient (Wildman–Crippen LogP) is 3.67. The van der Waals surface area contributed by atoms with Gasteiger partial charge in [-0.05, 0) is 62.6 Å². The molecule has 21 heavy (non-hydrogen) atoms. The van der Waals surface area contributed by atoms with Crippen molar-refractivity contribution in [3.05, 3.63) is 29.3 Å². The van der Waals surface area contributed by atoms with Gasteiger partial charge >= 0.3 is 0 Å². The van der Waals surface area contributed by atoms with Gasteiger partial charge in [0.2, 0.25) is 0 Å². The highest BCUT2D eigenvalue weighted by molar-refractivity contribution is 5.52. The number of hydrogen-bond acceptors (Lipinski definition) is 3. The fourth-order valence-electron chi connectivity index (χ4n) is 2.86. The summed E-state index contributed by atoms with van der Waals surface area (Å²) in [6.07, 6.45) is 4.67. The Morgan fingerprint density at radius 3 is 2.67 bits per heavy atom. The standard InChI is InChI=1S/C18H29NO2/c1-13-5-8-17(9-6-13)21-12-16(20)11-19-18-10-14(2)4-7-15(18)3/h4,7,10,13,16-17,19-20H,5-6,8-9,11-12H2,1-3H3. The highest BCUT2D eigenvalue weighted by Gasteiger charge is 2.19. The Hall–Kier alpha value is -1.06. The van der Waals surface area contributed by atoms with Gasteiger partial charge < -0.3 is 15.2 Å². The number of benzene rings is 1. The number of aliphatic hydroxyl groups excluding tert-OH is 1. The fraction of sp³-hybridized carbons (Fsp3) is 0.667. The van der Waals surface area contributed by atoms with Crippen LogP contribution in [0.5, 0.6) is 0 Å². The van der Waals surface area contributed by atoms with Crippen molar-refractivity contribution in [2.24, 2.45) is 5.92 Å². The maximum Gasteiger partial charge on any atom is 0.0945 e. The maximum absolute atomic E-state index is 10.1. The molecule has 3 nitrogen and oxygen atoms in total. The van der Waals surface area contributed by atoms with Gasteiger partial charge in [-0.3, -0.25) is 0 Å². The van der Waals surface area contributed by atoms with Gasteiger partial charge in [-0.25, -0.2) is 0 Å². The quantitative estimate of drug-likeness (QED) is 0.840. The SMILES string of the molecule is Cc1ccc(C)c(NCC(O)COC2CCC(C)CC2)c1. The van der Waals surface area contributed by atoms with Crippen LogP contribution >= 0.6 is 0 Å². The minimum absolute atomic E-state index is 0.344. The van der Waals surface area contributed by atoms with Crippen LogP contribution in [0.15, 0.2) is 18.2 Å². The van der Waals surface area contributed by atoms with E-state index in [1.165, 1.54) is 24.0 Å².